The molecule has 3 rings (SSSR count). The van der Waals surface area contributed by atoms with Crippen LogP contribution in [0.25, 0.3) is 0 Å². The summed E-state index contributed by atoms with van der Waals surface area (Å²) in [6.45, 7) is 0.755. The lowest BCUT2D eigenvalue weighted by atomic mass is 9.81. The zero-order valence-corrected chi connectivity index (χ0v) is 14.1. The van der Waals surface area contributed by atoms with Crippen LogP contribution in [0.5, 0.6) is 0 Å². The first-order valence-corrected chi connectivity index (χ1v) is 9.32. The molecule has 0 amide bonds. The number of esters is 1. The van der Waals surface area contributed by atoms with Crippen LogP contribution < -0.4 is 4.90 Å². The van der Waals surface area contributed by atoms with E-state index in [9.17, 15) is 22.0 Å². The quantitative estimate of drug-likeness (QED) is 0.773. The molecule has 2 atom stereocenters. The maximum atomic E-state index is 13.0. The zero-order chi connectivity index (χ0) is 17.5. The second-order valence-electron chi connectivity index (χ2n) is 6.39. The topological polar surface area (TPSA) is 63.7 Å². The van der Waals surface area contributed by atoms with E-state index in [4.69, 9.17) is 4.74 Å². The number of hydrogen-bond donors (Lipinski definition) is 0. The Bertz CT molecular complexity index is 752. The Hall–Kier alpha value is -1.70. The normalized spacial score (nSPS) is 26.7. The molecule has 0 bridgehead atoms. The number of anilines is 1. The summed E-state index contributed by atoms with van der Waals surface area (Å²) >= 11 is 0. The maximum Gasteiger partial charge on any atom is 0.341 e. The van der Waals surface area contributed by atoms with Crippen molar-refractivity contribution in [2.75, 3.05) is 25.1 Å². The van der Waals surface area contributed by atoms with Gasteiger partial charge in [-0.3, -0.25) is 4.79 Å². The molecule has 5 nitrogen and oxygen atoms in total. The molecule has 24 heavy (non-hydrogen) atoms. The van der Waals surface area contributed by atoms with Gasteiger partial charge in [0.05, 0.1) is 23.1 Å². The first-order valence-electron chi connectivity index (χ1n) is 7.77. The molecule has 1 aromatic carbocycles. The number of hydrogen-bond acceptors (Lipinski definition) is 5. The number of benzene rings is 1. The van der Waals surface area contributed by atoms with Crippen molar-refractivity contribution >= 4 is 21.5 Å². The van der Waals surface area contributed by atoms with Gasteiger partial charge in [-0.05, 0) is 30.9 Å². The molecule has 2 unspecified atom stereocenters. The van der Waals surface area contributed by atoms with E-state index in [0.29, 0.717) is 19.5 Å². The maximum absolute atomic E-state index is 13.0. The van der Waals surface area contributed by atoms with Crippen LogP contribution in [0.1, 0.15) is 19.3 Å². The Balaban J connectivity index is 2.00. The van der Waals surface area contributed by atoms with Crippen LogP contribution in [0, 0.1) is 11.3 Å². The summed E-state index contributed by atoms with van der Waals surface area (Å²) in [7, 11) is -3.37. The summed E-state index contributed by atoms with van der Waals surface area (Å²) in [5, 5.41) is 0. The fourth-order valence-electron chi connectivity index (χ4n) is 4.06. The molecule has 1 saturated carbocycles. The average Bonchev–Trinajstić information content (AvgIpc) is 3.12. The zero-order valence-electron chi connectivity index (χ0n) is 13.2. The van der Waals surface area contributed by atoms with E-state index < -0.39 is 21.0 Å². The molecule has 1 aliphatic carbocycles. The second-order valence-corrected chi connectivity index (χ2v) is 8.28. The Morgan fingerprint density at radius 2 is 2.08 bits per heavy atom. The van der Waals surface area contributed by atoms with Crippen molar-refractivity contribution in [3.05, 3.63) is 24.3 Å². The van der Waals surface area contributed by atoms with Crippen LogP contribution in [-0.2, 0) is 19.4 Å². The average molecular weight is 359 g/mol. The molecule has 1 aromatic rings. The largest absolute Gasteiger partial charge is 0.469 e. The Morgan fingerprint density at radius 1 is 1.38 bits per heavy atom. The van der Waals surface area contributed by atoms with Crippen molar-refractivity contribution in [1.82, 2.24) is 0 Å². The minimum absolute atomic E-state index is 0.0484. The van der Waals surface area contributed by atoms with Gasteiger partial charge in [0, 0.05) is 13.1 Å². The Morgan fingerprint density at radius 3 is 2.75 bits per heavy atom. The fourth-order valence-corrected chi connectivity index (χ4v) is 5.01. The number of halogens is 2. The first kappa shape index (κ1) is 17.1. The van der Waals surface area contributed by atoms with Gasteiger partial charge in [0.25, 0.3) is 0 Å². The van der Waals surface area contributed by atoms with Crippen molar-refractivity contribution in [2.45, 2.75) is 29.9 Å². The summed E-state index contributed by atoms with van der Waals surface area (Å²) in [5.74, 6) is -3.73. The molecule has 0 spiro atoms. The number of rotatable bonds is 4. The highest BCUT2D eigenvalue weighted by molar-refractivity contribution is 7.91. The molecular weight excluding hydrogens is 340 g/mol. The van der Waals surface area contributed by atoms with Crippen molar-refractivity contribution in [3.63, 3.8) is 0 Å². The third kappa shape index (κ3) is 2.47. The standard InChI is InChI=1S/C16H19F2NO4S/c1-23-14(20)16-8-4-5-11(16)9-19(10-16)12-6-2-3-7-13(12)24(21,22)15(17)18/h2-3,6-7,11,15H,4-5,8-10H2,1H3. The fraction of sp³-hybridized carbons (Fsp3) is 0.562. The lowest BCUT2D eigenvalue weighted by Crippen LogP contribution is -2.37. The molecule has 8 heteroatoms. The van der Waals surface area contributed by atoms with Crippen LogP contribution in [0.2, 0.25) is 0 Å². The predicted octanol–water partition coefficient (Wildman–Crippen LogP) is 2.46. The summed E-state index contributed by atoms with van der Waals surface area (Å²) < 4.78 is 54.8. The van der Waals surface area contributed by atoms with Crippen molar-refractivity contribution in [3.8, 4) is 0 Å². The highest BCUT2D eigenvalue weighted by Crippen LogP contribution is 2.51. The second kappa shape index (κ2) is 5.98. The van der Waals surface area contributed by atoms with E-state index in [-0.39, 0.29) is 22.5 Å². The number of methoxy groups -OCH3 is 1. The molecule has 1 aliphatic heterocycles. The van der Waals surface area contributed by atoms with Crippen LogP contribution in [0.15, 0.2) is 29.2 Å². The van der Waals surface area contributed by atoms with Crippen LogP contribution in [0.4, 0.5) is 14.5 Å². The molecule has 132 valence electrons. The van der Waals surface area contributed by atoms with E-state index in [0.717, 1.165) is 12.8 Å². The summed E-state index contributed by atoms with van der Waals surface area (Å²) in [6, 6.07) is 5.74. The SMILES string of the molecule is COC(=O)C12CCCC1CN(c1ccccc1S(=O)(=O)C(F)F)C2. The van der Waals surface area contributed by atoms with Gasteiger partial charge in [0.15, 0.2) is 0 Å². The molecule has 2 aliphatic rings. The molecule has 1 saturated heterocycles. The van der Waals surface area contributed by atoms with Crippen LogP contribution in [-0.4, -0.2) is 40.3 Å². The molecule has 0 N–H and O–H groups in total. The first-order chi connectivity index (χ1) is 11.3. The van der Waals surface area contributed by atoms with Gasteiger partial charge in [-0.25, -0.2) is 8.42 Å². The van der Waals surface area contributed by atoms with Crippen molar-refractivity contribution in [1.29, 1.82) is 0 Å². The number of para-hydroxylation sites is 1. The van der Waals surface area contributed by atoms with Crippen LogP contribution in [0.3, 0.4) is 0 Å². The number of ether oxygens (including phenoxy) is 1. The Labute approximate surface area is 139 Å². The van der Waals surface area contributed by atoms with Crippen LogP contribution >= 0.6 is 0 Å². The van der Waals surface area contributed by atoms with E-state index >= 15 is 0 Å². The molecule has 0 aromatic heterocycles. The van der Waals surface area contributed by atoms with E-state index in [2.05, 4.69) is 0 Å². The van der Waals surface area contributed by atoms with E-state index in [1.807, 2.05) is 0 Å². The number of carbonyl (C=O) groups excluding carboxylic acids is 1. The predicted molar refractivity (Wildman–Crippen MR) is 83.6 cm³/mol. The number of nitrogens with zero attached hydrogens (tertiary/aromatic N) is 1. The molecule has 0 radical (unpaired) electrons. The summed E-state index contributed by atoms with van der Waals surface area (Å²) in [6.07, 6.45) is 2.42. The van der Waals surface area contributed by atoms with E-state index in [1.165, 1.54) is 25.3 Å². The van der Waals surface area contributed by atoms with E-state index in [1.54, 1.807) is 11.0 Å². The summed E-state index contributed by atoms with van der Waals surface area (Å²) in [4.78, 5) is 13.6. The lowest BCUT2D eigenvalue weighted by Gasteiger charge is -2.26. The van der Waals surface area contributed by atoms with Gasteiger partial charge in [0.2, 0.25) is 9.84 Å². The van der Waals surface area contributed by atoms with Gasteiger partial charge in [-0.1, -0.05) is 18.6 Å². The van der Waals surface area contributed by atoms with Gasteiger partial charge < -0.3 is 9.64 Å². The number of carbonyl (C=O) groups is 1. The lowest BCUT2D eigenvalue weighted by molar-refractivity contribution is -0.152. The third-order valence-electron chi connectivity index (χ3n) is 5.21. The minimum Gasteiger partial charge on any atom is -0.469 e. The van der Waals surface area contributed by atoms with Gasteiger partial charge in [0.1, 0.15) is 0 Å². The highest BCUT2D eigenvalue weighted by Gasteiger charge is 2.56. The molecule has 2 fully saturated rings. The third-order valence-corrected chi connectivity index (χ3v) is 6.64. The molecular formula is C16H19F2NO4S. The number of alkyl halides is 2. The van der Waals surface area contributed by atoms with Gasteiger partial charge >= 0.3 is 11.7 Å². The summed E-state index contributed by atoms with van der Waals surface area (Å²) in [5.41, 5.74) is -0.438. The smallest absolute Gasteiger partial charge is 0.341 e. The number of sulfone groups is 1. The van der Waals surface area contributed by atoms with Gasteiger partial charge in [-0.2, -0.15) is 8.78 Å². The minimum atomic E-state index is -4.71. The molecule has 1 heterocycles. The monoisotopic (exact) mass is 359 g/mol. The van der Waals surface area contributed by atoms with Crippen molar-refractivity contribution < 1.29 is 26.7 Å². The van der Waals surface area contributed by atoms with Crippen molar-refractivity contribution in [2.24, 2.45) is 11.3 Å². The Kier molecular flexibility index (Phi) is 4.27. The van der Waals surface area contributed by atoms with Gasteiger partial charge in [-0.15, -0.1) is 0 Å². The number of fused-ring (bicyclic) bond motifs is 1. The highest BCUT2D eigenvalue weighted by atomic mass is 32.2.